The van der Waals surface area contributed by atoms with Crippen LogP contribution in [0.25, 0.3) is 0 Å². The second-order valence-electron chi connectivity index (χ2n) is 7.42. The highest BCUT2D eigenvalue weighted by Gasteiger charge is 2.22. The van der Waals surface area contributed by atoms with Crippen molar-refractivity contribution >= 4 is 17.9 Å². The van der Waals surface area contributed by atoms with Crippen LogP contribution in [0.2, 0.25) is 0 Å². The average molecular weight is 444 g/mol. The molecule has 168 valence electrons. The first kappa shape index (κ1) is 23.5. The summed E-state index contributed by atoms with van der Waals surface area (Å²) in [5.41, 5.74) is 2.30. The second-order valence-corrected chi connectivity index (χ2v) is 7.42. The van der Waals surface area contributed by atoms with Crippen LogP contribution in [0.1, 0.15) is 49.1 Å². The maximum absolute atomic E-state index is 12.8. The Bertz CT molecular complexity index is 1140. The van der Waals surface area contributed by atoms with E-state index in [9.17, 15) is 14.4 Å². The fourth-order valence-corrected chi connectivity index (χ4v) is 2.89. The van der Waals surface area contributed by atoms with Crippen molar-refractivity contribution < 1.29 is 28.6 Å². The van der Waals surface area contributed by atoms with E-state index in [-0.39, 0.29) is 36.5 Å². The number of rotatable bonds is 9. The van der Waals surface area contributed by atoms with Gasteiger partial charge in [0.05, 0.1) is 16.7 Å². The fourth-order valence-electron chi connectivity index (χ4n) is 2.89. The van der Waals surface area contributed by atoms with Gasteiger partial charge in [-0.1, -0.05) is 67.2 Å². The van der Waals surface area contributed by atoms with Crippen LogP contribution >= 0.6 is 0 Å². The Kier molecular flexibility index (Phi) is 8.13. The zero-order valence-electron chi connectivity index (χ0n) is 18.3. The first-order chi connectivity index (χ1) is 15.9. The summed E-state index contributed by atoms with van der Waals surface area (Å²) in [6.07, 6.45) is 0. The zero-order valence-corrected chi connectivity index (χ0v) is 18.3. The van der Waals surface area contributed by atoms with Gasteiger partial charge in [0.2, 0.25) is 0 Å². The summed E-state index contributed by atoms with van der Waals surface area (Å²) in [5.74, 6) is -2.09. The molecule has 0 spiro atoms. The van der Waals surface area contributed by atoms with E-state index in [4.69, 9.17) is 14.2 Å². The van der Waals surface area contributed by atoms with Gasteiger partial charge >= 0.3 is 17.9 Å². The minimum absolute atomic E-state index is 0.00563. The zero-order chi connectivity index (χ0) is 23.6. The molecule has 0 saturated carbocycles. The number of hydrogen-bond donors (Lipinski definition) is 0. The van der Waals surface area contributed by atoms with E-state index in [0.29, 0.717) is 5.57 Å². The van der Waals surface area contributed by atoms with Gasteiger partial charge < -0.3 is 14.2 Å². The molecule has 33 heavy (non-hydrogen) atoms. The molecule has 0 N–H and O–H groups in total. The minimum Gasteiger partial charge on any atom is -0.458 e. The first-order valence-corrected chi connectivity index (χ1v) is 10.3. The Morgan fingerprint density at radius 1 is 0.667 bits per heavy atom. The van der Waals surface area contributed by atoms with E-state index in [1.165, 1.54) is 18.2 Å². The maximum atomic E-state index is 12.8. The molecule has 0 bridgehead atoms. The molecule has 0 aliphatic heterocycles. The predicted molar refractivity (Wildman–Crippen MR) is 123 cm³/mol. The maximum Gasteiger partial charge on any atom is 0.339 e. The molecule has 0 fully saturated rings. The van der Waals surface area contributed by atoms with E-state index in [0.717, 1.165) is 11.1 Å². The van der Waals surface area contributed by atoms with Crippen LogP contribution in [-0.2, 0) is 27.4 Å². The molecule has 0 aliphatic carbocycles. The van der Waals surface area contributed by atoms with Gasteiger partial charge in [-0.3, -0.25) is 0 Å². The number of benzene rings is 3. The van der Waals surface area contributed by atoms with Crippen molar-refractivity contribution in [3.05, 3.63) is 119 Å². The molecule has 0 heterocycles. The molecule has 0 radical (unpaired) electrons. The van der Waals surface area contributed by atoms with E-state index in [2.05, 4.69) is 6.58 Å². The van der Waals surface area contributed by atoms with Crippen molar-refractivity contribution in [1.29, 1.82) is 0 Å². The number of esters is 3. The lowest BCUT2D eigenvalue weighted by Crippen LogP contribution is -2.16. The van der Waals surface area contributed by atoms with Gasteiger partial charge in [-0.05, 0) is 41.8 Å². The summed E-state index contributed by atoms with van der Waals surface area (Å²) in [7, 11) is 0. The molecule has 3 rings (SSSR count). The minimum atomic E-state index is -0.751. The molecule has 0 aromatic heterocycles. The molecule has 6 heteroatoms. The number of carbonyl (C=O) groups is 3. The highest BCUT2D eigenvalue weighted by molar-refractivity contribution is 6.05. The highest BCUT2D eigenvalue weighted by atomic mass is 16.5. The van der Waals surface area contributed by atoms with Crippen LogP contribution in [0.4, 0.5) is 0 Å². The number of hydrogen-bond acceptors (Lipinski definition) is 6. The molecule has 0 unspecified atom stereocenters. The molecule has 0 aliphatic rings. The van der Waals surface area contributed by atoms with Crippen LogP contribution in [0.15, 0.2) is 91.0 Å². The lowest BCUT2D eigenvalue weighted by Gasteiger charge is -2.12. The lowest BCUT2D eigenvalue weighted by molar-refractivity contribution is 0.0446. The van der Waals surface area contributed by atoms with Crippen LogP contribution in [0.3, 0.4) is 0 Å². The normalized spacial score (nSPS) is 10.2. The SMILES string of the molecule is C=C(C)COC(=O)c1ccc(C(=O)OCc2ccccc2)cc1C(=O)OCc1ccccc1. The van der Waals surface area contributed by atoms with E-state index in [1.807, 2.05) is 60.7 Å². The predicted octanol–water partition coefficient (Wildman–Crippen LogP) is 5.13. The Morgan fingerprint density at radius 3 is 1.73 bits per heavy atom. The summed E-state index contributed by atoms with van der Waals surface area (Å²) < 4.78 is 15.9. The molecule has 0 saturated heterocycles. The van der Waals surface area contributed by atoms with Gasteiger partial charge in [-0.25, -0.2) is 14.4 Å². The second kappa shape index (κ2) is 11.4. The number of ether oxygens (including phenoxy) is 3. The van der Waals surface area contributed by atoms with Gasteiger partial charge in [0, 0.05) is 0 Å². The first-order valence-electron chi connectivity index (χ1n) is 10.3. The molecule has 0 amide bonds. The van der Waals surface area contributed by atoms with Crippen molar-refractivity contribution in [2.45, 2.75) is 20.1 Å². The quantitative estimate of drug-likeness (QED) is 0.259. The third-order valence-electron chi connectivity index (χ3n) is 4.57. The van der Waals surface area contributed by atoms with Crippen molar-refractivity contribution in [3.63, 3.8) is 0 Å². The van der Waals surface area contributed by atoms with E-state index < -0.39 is 17.9 Å². The summed E-state index contributed by atoms with van der Waals surface area (Å²) in [4.78, 5) is 38.0. The van der Waals surface area contributed by atoms with Crippen molar-refractivity contribution in [2.24, 2.45) is 0 Å². The third-order valence-corrected chi connectivity index (χ3v) is 4.57. The van der Waals surface area contributed by atoms with Crippen molar-refractivity contribution in [2.75, 3.05) is 6.61 Å². The molecule has 0 atom stereocenters. The van der Waals surface area contributed by atoms with Crippen LogP contribution < -0.4 is 0 Å². The monoisotopic (exact) mass is 444 g/mol. The van der Waals surface area contributed by atoms with Crippen LogP contribution in [0.5, 0.6) is 0 Å². The van der Waals surface area contributed by atoms with E-state index in [1.54, 1.807) is 6.92 Å². The summed E-state index contributed by atoms with van der Waals surface area (Å²) >= 11 is 0. The van der Waals surface area contributed by atoms with Crippen LogP contribution in [0, 0.1) is 0 Å². The molecule has 6 nitrogen and oxygen atoms in total. The van der Waals surface area contributed by atoms with E-state index >= 15 is 0 Å². The topological polar surface area (TPSA) is 78.9 Å². The molecule has 3 aromatic carbocycles. The van der Waals surface area contributed by atoms with Crippen molar-refractivity contribution in [3.8, 4) is 0 Å². The van der Waals surface area contributed by atoms with Gasteiger partial charge in [-0.2, -0.15) is 0 Å². The van der Waals surface area contributed by atoms with Gasteiger partial charge in [0.25, 0.3) is 0 Å². The largest absolute Gasteiger partial charge is 0.458 e. The lowest BCUT2D eigenvalue weighted by atomic mass is 10.0. The molecular formula is C27H24O6. The Hall–Kier alpha value is -4.19. The van der Waals surface area contributed by atoms with Crippen molar-refractivity contribution in [1.82, 2.24) is 0 Å². The summed E-state index contributed by atoms with van der Waals surface area (Å²) in [6, 6.07) is 22.4. The van der Waals surface area contributed by atoms with Gasteiger partial charge in [0.1, 0.15) is 19.8 Å². The fraction of sp³-hybridized carbons (Fsp3) is 0.148. The smallest absolute Gasteiger partial charge is 0.339 e. The Morgan fingerprint density at radius 2 is 1.18 bits per heavy atom. The van der Waals surface area contributed by atoms with Crippen LogP contribution in [-0.4, -0.2) is 24.5 Å². The summed E-state index contributed by atoms with van der Waals surface area (Å²) in [5, 5.41) is 0. The highest BCUT2D eigenvalue weighted by Crippen LogP contribution is 2.18. The summed E-state index contributed by atoms with van der Waals surface area (Å²) in [6.45, 7) is 5.52. The Balaban J connectivity index is 1.80. The van der Waals surface area contributed by atoms with Gasteiger partial charge in [-0.15, -0.1) is 0 Å². The number of carbonyl (C=O) groups excluding carboxylic acids is 3. The molecular weight excluding hydrogens is 420 g/mol. The molecule has 3 aromatic rings. The standard InChI is InChI=1S/C27H24O6/c1-19(2)16-31-26(29)23-14-13-22(25(28)32-17-20-9-5-3-6-10-20)15-24(23)27(30)33-18-21-11-7-4-8-12-21/h3-15H,1,16-18H2,2H3. The third kappa shape index (κ3) is 6.90. The van der Waals surface area contributed by atoms with Gasteiger partial charge in [0.15, 0.2) is 0 Å². The Labute approximate surface area is 192 Å². The average Bonchev–Trinajstić information content (AvgIpc) is 2.85.